The number of hydrogen-bond donors (Lipinski definition) is 3. The lowest BCUT2D eigenvalue weighted by Gasteiger charge is -2.13. The monoisotopic (exact) mass is 528 g/mol. The summed E-state index contributed by atoms with van der Waals surface area (Å²) in [4.78, 5) is 25.8. The maximum absolute atomic E-state index is 13.0. The molecule has 0 spiro atoms. The summed E-state index contributed by atoms with van der Waals surface area (Å²) in [6.07, 6.45) is -8.41. The van der Waals surface area contributed by atoms with Gasteiger partial charge in [-0.05, 0) is 66.2 Å². The topological polar surface area (TPSA) is 78.4 Å². The fourth-order valence-electron chi connectivity index (χ4n) is 2.97. The summed E-state index contributed by atoms with van der Waals surface area (Å²) >= 11 is 6.03. The molecule has 5 nitrogen and oxygen atoms in total. The van der Waals surface area contributed by atoms with E-state index in [0.29, 0.717) is 12.1 Å². The molecule has 0 heterocycles. The summed E-state index contributed by atoms with van der Waals surface area (Å²) in [6.45, 7) is 0. The van der Waals surface area contributed by atoms with Crippen LogP contribution in [0, 0.1) is 0 Å². The van der Waals surface area contributed by atoms with Crippen LogP contribution >= 0.6 is 11.6 Å². The van der Waals surface area contributed by atoms with Crippen LogP contribution in [-0.2, 0) is 21.9 Å². The molecule has 0 aliphatic heterocycles. The molecule has 12 heteroatoms. The van der Waals surface area contributed by atoms with Gasteiger partial charge in [-0.1, -0.05) is 23.7 Å². The Morgan fingerprint density at radius 2 is 1.22 bits per heavy atom. The van der Waals surface area contributed by atoms with Gasteiger partial charge in [0.1, 0.15) is 11.3 Å². The zero-order valence-electron chi connectivity index (χ0n) is 17.8. The second-order valence-corrected chi connectivity index (χ2v) is 7.74. The molecule has 0 fully saturated rings. The Balaban J connectivity index is 1.97. The minimum atomic E-state index is -4.69. The molecular formula is C24H15ClF6N2O3. The van der Waals surface area contributed by atoms with Crippen molar-refractivity contribution in [3.8, 4) is 5.75 Å². The van der Waals surface area contributed by atoms with Crippen LogP contribution < -0.4 is 10.6 Å². The molecule has 3 N–H and O–H groups in total. The molecule has 0 bridgehead atoms. The van der Waals surface area contributed by atoms with E-state index in [1.54, 1.807) is 0 Å². The lowest BCUT2D eigenvalue weighted by molar-refractivity contribution is -0.138. The quantitative estimate of drug-likeness (QED) is 0.148. The van der Waals surface area contributed by atoms with Crippen molar-refractivity contribution in [2.24, 2.45) is 0 Å². The molecule has 0 aromatic heterocycles. The lowest BCUT2D eigenvalue weighted by atomic mass is 10.1. The molecule has 0 aliphatic carbocycles. The number of carbonyl (C=O) groups is 2. The Morgan fingerprint density at radius 3 is 1.64 bits per heavy atom. The molecule has 0 saturated carbocycles. The number of rotatable bonds is 5. The van der Waals surface area contributed by atoms with Crippen LogP contribution in [0.5, 0.6) is 5.75 Å². The molecule has 0 saturated heterocycles. The number of carbonyl (C=O) groups excluding carboxylic acids is 2. The zero-order chi connectivity index (χ0) is 26.7. The summed E-state index contributed by atoms with van der Waals surface area (Å²) in [7, 11) is 0. The highest BCUT2D eigenvalue weighted by molar-refractivity contribution is 6.33. The summed E-state index contributed by atoms with van der Waals surface area (Å²) < 4.78 is 78.1. The number of alkyl halides is 6. The number of phenolic OH excluding ortho intramolecular Hbond substituents is 1. The van der Waals surface area contributed by atoms with E-state index < -0.39 is 40.9 Å². The van der Waals surface area contributed by atoms with Crippen LogP contribution in [0.1, 0.15) is 16.7 Å². The van der Waals surface area contributed by atoms with Crippen LogP contribution in [0.25, 0.3) is 6.08 Å². The van der Waals surface area contributed by atoms with Crippen LogP contribution in [0.3, 0.4) is 0 Å². The largest absolute Gasteiger partial charge is 0.508 e. The molecule has 3 rings (SSSR count). The SMILES string of the molecule is O=C(Nc1cccc(C(F)(F)F)c1)C(=Cc1ccc(O)cc1Cl)C(=O)Nc1cccc(C(F)(F)F)c1. The molecule has 2 amide bonds. The van der Waals surface area contributed by atoms with Crippen molar-refractivity contribution >= 4 is 40.9 Å². The molecule has 0 unspecified atom stereocenters. The average Bonchev–Trinajstić information content (AvgIpc) is 2.77. The summed E-state index contributed by atoms with van der Waals surface area (Å²) in [5, 5.41) is 13.8. The minimum Gasteiger partial charge on any atom is -0.508 e. The van der Waals surface area contributed by atoms with E-state index in [-0.39, 0.29) is 27.7 Å². The van der Waals surface area contributed by atoms with Crippen LogP contribution in [-0.4, -0.2) is 16.9 Å². The number of hydrogen-bond acceptors (Lipinski definition) is 3. The molecule has 36 heavy (non-hydrogen) atoms. The van der Waals surface area contributed by atoms with Crippen LogP contribution in [0.2, 0.25) is 5.02 Å². The highest BCUT2D eigenvalue weighted by Crippen LogP contribution is 2.32. The molecular weight excluding hydrogens is 514 g/mol. The predicted octanol–water partition coefficient (Wildman–Crippen LogP) is 6.74. The van der Waals surface area contributed by atoms with Gasteiger partial charge in [0.05, 0.1) is 16.1 Å². The lowest BCUT2D eigenvalue weighted by Crippen LogP contribution is -2.25. The first kappa shape index (κ1) is 26.6. The number of halogens is 7. The Labute approximate surface area is 205 Å². The number of nitrogens with one attached hydrogen (secondary N) is 2. The van der Waals surface area contributed by atoms with Gasteiger partial charge >= 0.3 is 12.4 Å². The third kappa shape index (κ3) is 6.79. The molecule has 0 atom stereocenters. The van der Waals surface area contributed by atoms with Gasteiger partial charge in [0, 0.05) is 11.4 Å². The van der Waals surface area contributed by atoms with Gasteiger partial charge in [0.15, 0.2) is 0 Å². The van der Waals surface area contributed by atoms with Gasteiger partial charge in [-0.15, -0.1) is 0 Å². The van der Waals surface area contributed by atoms with E-state index >= 15 is 0 Å². The number of amides is 2. The second kappa shape index (κ2) is 10.3. The summed E-state index contributed by atoms with van der Waals surface area (Å²) in [5.74, 6) is -2.55. The minimum absolute atomic E-state index is 0.0721. The van der Waals surface area contributed by atoms with E-state index in [0.717, 1.165) is 48.5 Å². The van der Waals surface area contributed by atoms with Crippen molar-refractivity contribution in [2.75, 3.05) is 10.6 Å². The maximum atomic E-state index is 13.0. The van der Waals surface area contributed by atoms with Crippen molar-refractivity contribution in [3.05, 3.63) is 94.0 Å². The molecule has 3 aromatic carbocycles. The van der Waals surface area contributed by atoms with Crippen molar-refractivity contribution in [3.63, 3.8) is 0 Å². The average molecular weight is 529 g/mol. The third-order valence-corrected chi connectivity index (χ3v) is 5.00. The highest BCUT2D eigenvalue weighted by Gasteiger charge is 2.32. The van der Waals surface area contributed by atoms with E-state index in [9.17, 15) is 41.0 Å². The highest BCUT2D eigenvalue weighted by atomic mass is 35.5. The number of benzene rings is 3. The normalized spacial score (nSPS) is 11.5. The predicted molar refractivity (Wildman–Crippen MR) is 121 cm³/mol. The number of phenols is 1. The van der Waals surface area contributed by atoms with Gasteiger partial charge in [-0.2, -0.15) is 26.3 Å². The Bertz CT molecular complexity index is 1260. The fraction of sp³-hybridized carbons (Fsp3) is 0.0833. The Kier molecular flexibility index (Phi) is 7.63. The van der Waals surface area contributed by atoms with Gasteiger partial charge in [0.25, 0.3) is 11.8 Å². The first-order chi connectivity index (χ1) is 16.7. The van der Waals surface area contributed by atoms with Crippen molar-refractivity contribution in [1.82, 2.24) is 0 Å². The van der Waals surface area contributed by atoms with E-state index in [2.05, 4.69) is 10.6 Å². The summed E-state index contributed by atoms with van der Waals surface area (Å²) in [6, 6.07) is 10.8. The second-order valence-electron chi connectivity index (χ2n) is 7.33. The fourth-order valence-corrected chi connectivity index (χ4v) is 3.20. The van der Waals surface area contributed by atoms with Gasteiger partial charge in [0.2, 0.25) is 0 Å². The number of anilines is 2. The first-order valence-electron chi connectivity index (χ1n) is 9.91. The maximum Gasteiger partial charge on any atom is 0.416 e. The Hall–Kier alpha value is -3.99. The van der Waals surface area contributed by atoms with Gasteiger partial charge in [-0.25, -0.2) is 0 Å². The Morgan fingerprint density at radius 1 is 0.750 bits per heavy atom. The standard InChI is InChI=1S/C24H15ClF6N2O3/c25-20-12-18(34)8-7-13(20)9-19(21(35)32-16-5-1-3-14(10-16)23(26,27)28)22(36)33-17-6-2-4-15(11-17)24(29,30)31/h1-12,34H,(H,32,35)(H,33,36). The first-order valence-corrected chi connectivity index (χ1v) is 10.3. The van der Waals surface area contributed by atoms with E-state index in [1.165, 1.54) is 12.1 Å². The molecule has 3 aromatic rings. The smallest absolute Gasteiger partial charge is 0.416 e. The molecule has 0 aliphatic rings. The van der Waals surface area contributed by atoms with Crippen LogP contribution in [0.4, 0.5) is 37.7 Å². The molecule has 188 valence electrons. The zero-order valence-corrected chi connectivity index (χ0v) is 18.6. The van der Waals surface area contributed by atoms with Gasteiger partial charge < -0.3 is 15.7 Å². The van der Waals surface area contributed by atoms with Crippen LogP contribution in [0.15, 0.2) is 72.3 Å². The summed E-state index contributed by atoms with van der Waals surface area (Å²) in [5.41, 5.74) is -3.30. The van der Waals surface area contributed by atoms with Crippen molar-refractivity contribution < 1.29 is 41.0 Å². The third-order valence-electron chi connectivity index (χ3n) is 4.67. The van der Waals surface area contributed by atoms with Crippen molar-refractivity contribution in [1.29, 1.82) is 0 Å². The molecule has 0 radical (unpaired) electrons. The number of aromatic hydroxyl groups is 1. The van der Waals surface area contributed by atoms with Crippen molar-refractivity contribution in [2.45, 2.75) is 12.4 Å². The van der Waals surface area contributed by atoms with E-state index in [1.807, 2.05) is 0 Å². The van der Waals surface area contributed by atoms with E-state index in [4.69, 9.17) is 11.6 Å². The van der Waals surface area contributed by atoms with Gasteiger partial charge in [-0.3, -0.25) is 9.59 Å².